The van der Waals surface area contributed by atoms with Crippen LogP contribution in [0.4, 0.5) is 4.79 Å². The number of carbonyl (C=O) groups excluding carboxylic acids is 2. The van der Waals surface area contributed by atoms with Crippen molar-refractivity contribution in [3.63, 3.8) is 0 Å². The van der Waals surface area contributed by atoms with Gasteiger partial charge in [-0.15, -0.1) is 11.3 Å². The number of aryl methyl sites for hydroxylation is 1. The van der Waals surface area contributed by atoms with Crippen LogP contribution in [0, 0.1) is 6.92 Å². The molecule has 0 aliphatic rings. The molecule has 0 radical (unpaired) electrons. The highest BCUT2D eigenvalue weighted by molar-refractivity contribution is 7.10. The summed E-state index contributed by atoms with van der Waals surface area (Å²) in [6.07, 6.45) is 0. The third-order valence-electron chi connectivity index (χ3n) is 3.31. The van der Waals surface area contributed by atoms with Crippen LogP contribution in [-0.4, -0.2) is 25.5 Å². The van der Waals surface area contributed by atoms with Crippen LogP contribution >= 0.6 is 11.3 Å². The van der Waals surface area contributed by atoms with Gasteiger partial charge in [-0.3, -0.25) is 10.1 Å². The van der Waals surface area contributed by atoms with Crippen molar-refractivity contribution < 1.29 is 14.9 Å². The van der Waals surface area contributed by atoms with Crippen molar-refractivity contribution in [3.8, 4) is 0 Å². The number of hydrogen-bond acceptors (Lipinski definition) is 3. The summed E-state index contributed by atoms with van der Waals surface area (Å²) < 4.78 is 0. The van der Waals surface area contributed by atoms with E-state index in [1.165, 1.54) is 17.5 Å². The number of nitrogens with one attached hydrogen (secondary N) is 2. The Labute approximate surface area is 133 Å². The highest BCUT2D eigenvalue weighted by Gasteiger charge is 2.20. The van der Waals surface area contributed by atoms with Crippen molar-refractivity contribution in [1.82, 2.24) is 10.6 Å². The summed E-state index contributed by atoms with van der Waals surface area (Å²) >= 11 is 1.66. The van der Waals surface area contributed by atoms with Gasteiger partial charge in [0.25, 0.3) is 5.91 Å². The normalized spacial score (nSPS) is 11.7. The van der Waals surface area contributed by atoms with Crippen LogP contribution in [0.2, 0.25) is 0 Å². The molecule has 1 atom stereocenters. The molecule has 6 heteroatoms. The van der Waals surface area contributed by atoms with Crippen molar-refractivity contribution in [2.24, 2.45) is 0 Å². The van der Waals surface area contributed by atoms with Crippen molar-refractivity contribution in [1.29, 1.82) is 0 Å². The predicted molar refractivity (Wildman–Crippen MR) is 86.7 cm³/mol. The van der Waals surface area contributed by atoms with Gasteiger partial charge >= 0.3 is 6.03 Å². The number of benzene rings is 1. The lowest BCUT2D eigenvalue weighted by atomic mass is 10.0. The molecule has 1 aromatic carbocycles. The molecule has 4 N–H and O–H groups in total. The molecular weight excluding hydrogens is 298 g/mol. The number of rotatable bonds is 5. The molecule has 0 saturated carbocycles. The molecule has 1 aromatic heterocycles. The van der Waals surface area contributed by atoms with Crippen LogP contribution in [0.3, 0.4) is 0 Å². The summed E-state index contributed by atoms with van der Waals surface area (Å²) in [6, 6.07) is 11.9. The molecule has 1 heterocycles. The number of urea groups is 1. The van der Waals surface area contributed by atoms with Crippen LogP contribution in [0.25, 0.3) is 0 Å². The van der Waals surface area contributed by atoms with Gasteiger partial charge in [-0.1, -0.05) is 35.9 Å². The van der Waals surface area contributed by atoms with Crippen LogP contribution in [0.1, 0.15) is 22.0 Å². The second-order valence-electron chi connectivity index (χ2n) is 4.97. The fourth-order valence-corrected chi connectivity index (χ4v) is 2.97. The lowest BCUT2D eigenvalue weighted by molar-refractivity contribution is -0.676. The zero-order chi connectivity index (χ0) is 15.9. The van der Waals surface area contributed by atoms with Crippen molar-refractivity contribution in [2.75, 3.05) is 13.6 Å². The fourth-order valence-electron chi connectivity index (χ4n) is 2.12. The highest BCUT2D eigenvalue weighted by Crippen LogP contribution is 2.22. The van der Waals surface area contributed by atoms with Crippen molar-refractivity contribution in [3.05, 3.63) is 57.8 Å². The van der Waals surface area contributed by atoms with Crippen LogP contribution in [0.15, 0.2) is 41.8 Å². The first kappa shape index (κ1) is 16.2. The first-order valence-corrected chi connectivity index (χ1v) is 7.93. The number of imide groups is 1. The van der Waals surface area contributed by atoms with Gasteiger partial charge in [0.05, 0.1) is 4.88 Å². The van der Waals surface area contributed by atoms with Crippen molar-refractivity contribution in [2.45, 2.75) is 13.0 Å². The second kappa shape index (κ2) is 7.72. The number of quaternary nitrogens is 1. The van der Waals surface area contributed by atoms with Gasteiger partial charge in [-0.2, -0.15) is 0 Å². The maximum Gasteiger partial charge on any atom is 0.321 e. The quantitative estimate of drug-likeness (QED) is 0.774. The lowest BCUT2D eigenvalue weighted by Gasteiger charge is -2.14. The molecule has 2 aromatic rings. The molecule has 0 aliphatic heterocycles. The number of amides is 3. The molecule has 0 aliphatic carbocycles. The SMILES string of the molecule is CNC(=O)NC(=O)C[NH2+][C@@H](c1ccc(C)cc1)c1cccs1. The summed E-state index contributed by atoms with van der Waals surface area (Å²) in [7, 11) is 1.48. The molecule has 0 saturated heterocycles. The first-order chi connectivity index (χ1) is 10.6. The Kier molecular flexibility index (Phi) is 5.68. The molecule has 5 nitrogen and oxygen atoms in total. The number of nitrogens with two attached hydrogens (primary N) is 1. The van der Waals surface area contributed by atoms with Crippen LogP contribution in [-0.2, 0) is 4.79 Å². The third kappa shape index (κ3) is 4.41. The number of carbonyl (C=O) groups is 2. The maximum atomic E-state index is 11.8. The average Bonchev–Trinajstić information content (AvgIpc) is 3.03. The van der Waals surface area contributed by atoms with E-state index in [9.17, 15) is 9.59 Å². The minimum atomic E-state index is -0.485. The average molecular weight is 318 g/mol. The molecule has 0 fully saturated rings. The van der Waals surface area contributed by atoms with Crippen LogP contribution < -0.4 is 16.0 Å². The lowest BCUT2D eigenvalue weighted by Crippen LogP contribution is -2.87. The standard InChI is InChI=1S/C16H19N3O2S/c1-11-5-7-12(8-6-11)15(13-4-3-9-22-13)18-10-14(20)19-16(21)17-2/h3-9,15,18H,10H2,1-2H3,(H2,17,19,20,21)/p+1/t15-/m0/s1. The molecular formula is C16H20N3O2S+. The summed E-state index contributed by atoms with van der Waals surface area (Å²) in [6.45, 7) is 2.23. The maximum absolute atomic E-state index is 11.8. The number of hydrogen-bond donors (Lipinski definition) is 3. The van der Waals surface area contributed by atoms with E-state index >= 15 is 0 Å². The van der Waals surface area contributed by atoms with Gasteiger partial charge < -0.3 is 10.6 Å². The Bertz CT molecular complexity index is 623. The van der Waals surface area contributed by atoms with Gasteiger partial charge in [0, 0.05) is 12.6 Å². The van der Waals surface area contributed by atoms with Crippen molar-refractivity contribution >= 4 is 23.3 Å². The Hall–Kier alpha value is -2.18. The second-order valence-corrected chi connectivity index (χ2v) is 5.95. The largest absolute Gasteiger partial charge is 0.341 e. The molecule has 0 bridgehead atoms. The zero-order valence-corrected chi connectivity index (χ0v) is 13.4. The van der Waals surface area contributed by atoms with Crippen LogP contribution in [0.5, 0.6) is 0 Å². The Morgan fingerprint density at radius 1 is 1.23 bits per heavy atom. The van der Waals surface area contributed by atoms with E-state index in [1.807, 2.05) is 23.7 Å². The Balaban J connectivity index is 2.08. The molecule has 3 amide bonds. The van der Waals surface area contributed by atoms with E-state index in [0.29, 0.717) is 0 Å². The fraction of sp³-hybridized carbons (Fsp3) is 0.250. The summed E-state index contributed by atoms with van der Waals surface area (Å²) in [4.78, 5) is 24.1. The van der Waals surface area contributed by atoms with Gasteiger partial charge in [0.1, 0.15) is 6.04 Å². The third-order valence-corrected chi connectivity index (χ3v) is 4.26. The Morgan fingerprint density at radius 3 is 2.55 bits per heavy atom. The summed E-state index contributed by atoms with van der Waals surface area (Å²) in [5.41, 5.74) is 2.34. The van der Waals surface area contributed by atoms with E-state index in [4.69, 9.17) is 0 Å². The number of thiophene rings is 1. The minimum absolute atomic E-state index is 0.0519. The monoisotopic (exact) mass is 318 g/mol. The smallest absolute Gasteiger partial charge is 0.321 e. The zero-order valence-electron chi connectivity index (χ0n) is 12.6. The van der Waals surface area contributed by atoms with E-state index in [2.05, 4.69) is 41.0 Å². The molecule has 116 valence electrons. The van der Waals surface area contributed by atoms with E-state index in [0.717, 1.165) is 5.56 Å². The van der Waals surface area contributed by atoms with Gasteiger partial charge in [-0.05, 0) is 18.4 Å². The highest BCUT2D eigenvalue weighted by atomic mass is 32.1. The Morgan fingerprint density at radius 2 is 1.95 bits per heavy atom. The molecule has 0 unspecified atom stereocenters. The van der Waals surface area contributed by atoms with Gasteiger partial charge in [0.15, 0.2) is 6.54 Å². The first-order valence-electron chi connectivity index (χ1n) is 7.05. The topological polar surface area (TPSA) is 74.8 Å². The minimum Gasteiger partial charge on any atom is -0.341 e. The van der Waals surface area contributed by atoms with E-state index in [1.54, 1.807) is 11.3 Å². The van der Waals surface area contributed by atoms with E-state index in [-0.39, 0.29) is 18.5 Å². The predicted octanol–water partition coefficient (Wildman–Crippen LogP) is 1.16. The molecule has 22 heavy (non-hydrogen) atoms. The molecule has 2 rings (SSSR count). The summed E-state index contributed by atoms with van der Waals surface area (Å²) in [5, 5.41) is 8.60. The van der Waals surface area contributed by atoms with Gasteiger partial charge in [0.2, 0.25) is 0 Å². The van der Waals surface area contributed by atoms with E-state index < -0.39 is 6.03 Å². The summed E-state index contributed by atoms with van der Waals surface area (Å²) in [5.74, 6) is -0.312. The van der Waals surface area contributed by atoms with Gasteiger partial charge in [-0.25, -0.2) is 4.79 Å². The molecule has 0 spiro atoms.